The molecule has 1 N–H and O–H groups in total. The van der Waals surface area contributed by atoms with Gasteiger partial charge in [-0.05, 0) is 19.3 Å². The lowest BCUT2D eigenvalue weighted by atomic mass is 9.76. The van der Waals surface area contributed by atoms with Crippen LogP contribution >= 0.6 is 0 Å². The standard InChI is InChI=1S/C12H21N3O2/c1-5-6-15-10(13-8-14-15)7-12(4,9(2)3)11(16)17/h8-9H,5-7H2,1-4H3,(H,16,17). The van der Waals surface area contributed by atoms with Crippen molar-refractivity contribution in [3.63, 3.8) is 0 Å². The van der Waals surface area contributed by atoms with Crippen molar-refractivity contribution >= 4 is 5.97 Å². The smallest absolute Gasteiger partial charge is 0.310 e. The Morgan fingerprint density at radius 2 is 2.24 bits per heavy atom. The molecule has 96 valence electrons. The summed E-state index contributed by atoms with van der Waals surface area (Å²) in [6.45, 7) is 8.46. The summed E-state index contributed by atoms with van der Waals surface area (Å²) in [7, 11) is 0. The van der Waals surface area contributed by atoms with Crippen molar-refractivity contribution in [3.05, 3.63) is 12.2 Å². The van der Waals surface area contributed by atoms with Crippen LogP contribution in [0.15, 0.2) is 6.33 Å². The van der Waals surface area contributed by atoms with Gasteiger partial charge in [0.05, 0.1) is 5.41 Å². The van der Waals surface area contributed by atoms with E-state index in [9.17, 15) is 9.90 Å². The zero-order valence-corrected chi connectivity index (χ0v) is 11.0. The summed E-state index contributed by atoms with van der Waals surface area (Å²) in [6.07, 6.45) is 2.87. The van der Waals surface area contributed by atoms with Crippen LogP contribution in [-0.4, -0.2) is 25.8 Å². The lowest BCUT2D eigenvalue weighted by molar-refractivity contribution is -0.150. The van der Waals surface area contributed by atoms with Gasteiger partial charge >= 0.3 is 5.97 Å². The minimum Gasteiger partial charge on any atom is -0.481 e. The molecular weight excluding hydrogens is 218 g/mol. The molecule has 0 amide bonds. The minimum atomic E-state index is -0.793. The minimum absolute atomic E-state index is 0.0479. The molecule has 0 radical (unpaired) electrons. The number of nitrogens with zero attached hydrogens (tertiary/aromatic N) is 3. The summed E-state index contributed by atoms with van der Waals surface area (Å²) >= 11 is 0. The van der Waals surface area contributed by atoms with E-state index in [2.05, 4.69) is 17.0 Å². The van der Waals surface area contributed by atoms with Crippen molar-refractivity contribution in [1.82, 2.24) is 14.8 Å². The van der Waals surface area contributed by atoms with Gasteiger partial charge < -0.3 is 5.11 Å². The van der Waals surface area contributed by atoms with Crippen molar-refractivity contribution in [2.24, 2.45) is 11.3 Å². The fourth-order valence-electron chi connectivity index (χ4n) is 1.68. The molecule has 5 heteroatoms. The van der Waals surface area contributed by atoms with Crippen LogP contribution in [0, 0.1) is 11.3 Å². The Hall–Kier alpha value is -1.39. The second-order valence-corrected chi connectivity index (χ2v) is 4.95. The zero-order valence-electron chi connectivity index (χ0n) is 11.0. The van der Waals surface area contributed by atoms with Gasteiger partial charge in [0, 0.05) is 13.0 Å². The Bertz CT molecular complexity index is 387. The molecule has 1 aromatic heterocycles. The topological polar surface area (TPSA) is 68.0 Å². The number of rotatable bonds is 6. The average molecular weight is 239 g/mol. The summed E-state index contributed by atoms with van der Waals surface area (Å²) in [6, 6.07) is 0. The quantitative estimate of drug-likeness (QED) is 0.824. The highest BCUT2D eigenvalue weighted by molar-refractivity contribution is 5.74. The predicted molar refractivity (Wildman–Crippen MR) is 64.6 cm³/mol. The molecule has 5 nitrogen and oxygen atoms in total. The summed E-state index contributed by atoms with van der Waals surface area (Å²) in [4.78, 5) is 15.6. The van der Waals surface area contributed by atoms with E-state index in [0.717, 1.165) is 18.8 Å². The van der Waals surface area contributed by atoms with Crippen LogP contribution in [-0.2, 0) is 17.8 Å². The van der Waals surface area contributed by atoms with Crippen molar-refractivity contribution in [3.8, 4) is 0 Å². The first-order valence-electron chi connectivity index (χ1n) is 6.02. The third kappa shape index (κ3) is 2.84. The number of aryl methyl sites for hydroxylation is 1. The van der Waals surface area contributed by atoms with Crippen LogP contribution in [0.2, 0.25) is 0 Å². The Morgan fingerprint density at radius 1 is 1.59 bits per heavy atom. The number of carboxylic acid groups (broad SMARTS) is 1. The maximum absolute atomic E-state index is 11.4. The summed E-state index contributed by atoms with van der Waals surface area (Å²) in [5.41, 5.74) is -0.793. The maximum Gasteiger partial charge on any atom is 0.310 e. The SMILES string of the molecule is CCCn1ncnc1CC(C)(C(=O)O)C(C)C. The van der Waals surface area contributed by atoms with E-state index in [-0.39, 0.29) is 5.92 Å². The first kappa shape index (κ1) is 13.7. The van der Waals surface area contributed by atoms with Crippen LogP contribution in [0.5, 0.6) is 0 Å². The molecule has 0 aliphatic carbocycles. The molecular formula is C12H21N3O2. The van der Waals surface area contributed by atoms with Crippen LogP contribution in [0.3, 0.4) is 0 Å². The molecule has 1 heterocycles. The number of carboxylic acids is 1. The molecule has 0 aromatic carbocycles. The number of aromatic nitrogens is 3. The normalized spacial score (nSPS) is 14.9. The first-order valence-corrected chi connectivity index (χ1v) is 6.02. The van der Waals surface area contributed by atoms with Crippen LogP contribution in [0.4, 0.5) is 0 Å². The van der Waals surface area contributed by atoms with Gasteiger partial charge in [0.2, 0.25) is 0 Å². The molecule has 17 heavy (non-hydrogen) atoms. The highest BCUT2D eigenvalue weighted by Gasteiger charge is 2.38. The van der Waals surface area contributed by atoms with E-state index < -0.39 is 11.4 Å². The Balaban J connectivity index is 2.94. The van der Waals surface area contributed by atoms with E-state index in [1.807, 2.05) is 13.8 Å². The van der Waals surface area contributed by atoms with Crippen molar-refractivity contribution < 1.29 is 9.90 Å². The molecule has 0 aliphatic rings. The Kier molecular flexibility index (Phi) is 4.26. The van der Waals surface area contributed by atoms with E-state index in [1.165, 1.54) is 6.33 Å². The zero-order chi connectivity index (χ0) is 13.1. The monoisotopic (exact) mass is 239 g/mol. The van der Waals surface area contributed by atoms with Gasteiger partial charge in [0.25, 0.3) is 0 Å². The third-order valence-corrected chi connectivity index (χ3v) is 3.42. The maximum atomic E-state index is 11.4. The molecule has 0 saturated heterocycles. The van der Waals surface area contributed by atoms with Crippen LogP contribution < -0.4 is 0 Å². The highest BCUT2D eigenvalue weighted by Crippen LogP contribution is 2.31. The lowest BCUT2D eigenvalue weighted by Crippen LogP contribution is -2.36. The van der Waals surface area contributed by atoms with E-state index in [1.54, 1.807) is 11.6 Å². The lowest BCUT2D eigenvalue weighted by Gasteiger charge is -2.28. The second kappa shape index (κ2) is 5.29. The molecule has 0 bridgehead atoms. The van der Waals surface area contributed by atoms with Gasteiger partial charge in [0.15, 0.2) is 0 Å². The summed E-state index contributed by atoms with van der Waals surface area (Å²) < 4.78 is 1.80. The van der Waals surface area contributed by atoms with E-state index in [0.29, 0.717) is 6.42 Å². The third-order valence-electron chi connectivity index (χ3n) is 3.42. The molecule has 1 rings (SSSR count). The molecule has 0 spiro atoms. The fourth-order valence-corrected chi connectivity index (χ4v) is 1.68. The van der Waals surface area contributed by atoms with E-state index in [4.69, 9.17) is 0 Å². The molecule has 0 fully saturated rings. The largest absolute Gasteiger partial charge is 0.481 e. The number of hydrogen-bond donors (Lipinski definition) is 1. The van der Waals surface area contributed by atoms with Crippen LogP contribution in [0.1, 0.15) is 39.9 Å². The molecule has 1 unspecified atom stereocenters. The molecule has 1 aromatic rings. The number of aliphatic carboxylic acids is 1. The number of hydrogen-bond acceptors (Lipinski definition) is 3. The van der Waals surface area contributed by atoms with Crippen molar-refractivity contribution in [2.75, 3.05) is 0 Å². The van der Waals surface area contributed by atoms with E-state index >= 15 is 0 Å². The summed E-state index contributed by atoms with van der Waals surface area (Å²) in [5, 5.41) is 13.5. The van der Waals surface area contributed by atoms with Crippen molar-refractivity contribution in [1.29, 1.82) is 0 Å². The van der Waals surface area contributed by atoms with Gasteiger partial charge in [0.1, 0.15) is 12.2 Å². The van der Waals surface area contributed by atoms with Crippen LogP contribution in [0.25, 0.3) is 0 Å². The van der Waals surface area contributed by atoms with Crippen molar-refractivity contribution in [2.45, 2.75) is 47.1 Å². The molecule has 1 atom stereocenters. The first-order chi connectivity index (χ1) is 7.91. The van der Waals surface area contributed by atoms with Gasteiger partial charge in [-0.15, -0.1) is 0 Å². The predicted octanol–water partition coefficient (Wildman–Crippen LogP) is 1.98. The van der Waals surface area contributed by atoms with Gasteiger partial charge in [-0.3, -0.25) is 9.48 Å². The molecule has 0 saturated carbocycles. The highest BCUT2D eigenvalue weighted by atomic mass is 16.4. The fraction of sp³-hybridized carbons (Fsp3) is 0.750. The Labute approximate surface area is 102 Å². The van der Waals surface area contributed by atoms with Gasteiger partial charge in [-0.1, -0.05) is 20.8 Å². The van der Waals surface area contributed by atoms with Gasteiger partial charge in [-0.25, -0.2) is 4.98 Å². The average Bonchev–Trinajstić information content (AvgIpc) is 2.65. The van der Waals surface area contributed by atoms with Gasteiger partial charge in [-0.2, -0.15) is 5.10 Å². The Morgan fingerprint density at radius 3 is 2.71 bits per heavy atom. The second-order valence-electron chi connectivity index (χ2n) is 4.95. The number of carbonyl (C=O) groups is 1. The molecule has 0 aliphatic heterocycles. The summed E-state index contributed by atoms with van der Waals surface area (Å²) in [5.74, 6) is 0.0239.